The van der Waals surface area contributed by atoms with Crippen LogP contribution in [0.15, 0.2) is 24.3 Å². The summed E-state index contributed by atoms with van der Waals surface area (Å²) in [7, 11) is 1.64. The van der Waals surface area contributed by atoms with Crippen LogP contribution >= 0.6 is 0 Å². The number of anilines is 1. The third kappa shape index (κ3) is 11.6. The highest BCUT2D eigenvalue weighted by Crippen LogP contribution is 2.19. The molecule has 1 aromatic rings. The zero-order valence-electron chi connectivity index (χ0n) is 16.9. The van der Waals surface area contributed by atoms with Crippen molar-refractivity contribution >= 4 is 11.6 Å². The van der Waals surface area contributed by atoms with Crippen molar-refractivity contribution in [2.24, 2.45) is 5.41 Å². The van der Waals surface area contributed by atoms with E-state index in [1.807, 2.05) is 45.0 Å². The van der Waals surface area contributed by atoms with E-state index in [9.17, 15) is 4.79 Å². The first-order chi connectivity index (χ1) is 12.9. The molecule has 0 bridgehead atoms. The maximum atomic E-state index is 11.9. The predicted octanol–water partition coefficient (Wildman–Crippen LogP) is 2.75. The van der Waals surface area contributed by atoms with Crippen molar-refractivity contribution in [1.29, 1.82) is 0 Å². The topological polar surface area (TPSA) is 75.2 Å². The Morgan fingerprint density at radius 2 is 1.30 bits per heavy atom. The van der Waals surface area contributed by atoms with E-state index >= 15 is 0 Å². The van der Waals surface area contributed by atoms with E-state index in [0.29, 0.717) is 52.9 Å². The van der Waals surface area contributed by atoms with Crippen LogP contribution in [0.3, 0.4) is 0 Å². The number of hydrogen-bond donors (Lipinski definition) is 1. The normalized spacial score (nSPS) is 11.4. The number of carbonyl (C=O) groups excluding carboxylic acids is 1. The molecule has 0 unspecified atom stereocenters. The van der Waals surface area contributed by atoms with Crippen LogP contribution in [0.2, 0.25) is 0 Å². The third-order valence-electron chi connectivity index (χ3n) is 3.47. The smallest absolute Gasteiger partial charge is 0.229 e. The first kappa shape index (κ1) is 23.4. The van der Waals surface area contributed by atoms with Crippen LogP contribution in [0.25, 0.3) is 0 Å². The number of amides is 1. The zero-order valence-corrected chi connectivity index (χ0v) is 16.9. The highest BCUT2D eigenvalue weighted by Gasteiger charge is 2.20. The summed E-state index contributed by atoms with van der Waals surface area (Å²) in [4.78, 5) is 11.9. The Bertz CT molecular complexity index is 512. The number of carbonyl (C=O) groups is 1. The van der Waals surface area contributed by atoms with Gasteiger partial charge < -0.3 is 29.0 Å². The Labute approximate surface area is 162 Å². The van der Waals surface area contributed by atoms with E-state index in [0.717, 1.165) is 11.4 Å². The second kappa shape index (κ2) is 13.5. The lowest BCUT2D eigenvalue weighted by atomic mass is 9.95. The van der Waals surface area contributed by atoms with E-state index < -0.39 is 5.41 Å². The lowest BCUT2D eigenvalue weighted by Gasteiger charge is -2.17. The molecule has 1 N–H and O–H groups in total. The summed E-state index contributed by atoms with van der Waals surface area (Å²) in [5.41, 5.74) is 0.328. The fourth-order valence-electron chi connectivity index (χ4n) is 1.86. The number of benzene rings is 1. The molecule has 154 valence electrons. The second-order valence-corrected chi connectivity index (χ2v) is 6.91. The number of methoxy groups -OCH3 is 1. The molecule has 27 heavy (non-hydrogen) atoms. The maximum Gasteiger partial charge on any atom is 0.229 e. The van der Waals surface area contributed by atoms with Crippen molar-refractivity contribution in [3.63, 3.8) is 0 Å². The minimum atomic E-state index is -0.423. The molecule has 1 rings (SSSR count). The van der Waals surface area contributed by atoms with E-state index in [1.165, 1.54) is 0 Å². The molecule has 1 amide bonds. The molecule has 0 radical (unpaired) electrons. The van der Waals surface area contributed by atoms with Crippen molar-refractivity contribution in [2.75, 3.05) is 65.3 Å². The lowest BCUT2D eigenvalue weighted by molar-refractivity contribution is -0.123. The van der Waals surface area contributed by atoms with Crippen LogP contribution in [0.4, 0.5) is 5.69 Å². The molecular weight excluding hydrogens is 350 g/mol. The van der Waals surface area contributed by atoms with Gasteiger partial charge in [0.05, 0.1) is 46.2 Å². The third-order valence-corrected chi connectivity index (χ3v) is 3.47. The van der Waals surface area contributed by atoms with Gasteiger partial charge in [0.25, 0.3) is 0 Å². The lowest BCUT2D eigenvalue weighted by Crippen LogP contribution is -2.27. The van der Waals surface area contributed by atoms with Gasteiger partial charge in [-0.25, -0.2) is 0 Å². The van der Waals surface area contributed by atoms with Gasteiger partial charge in [-0.2, -0.15) is 0 Å². The Balaban J connectivity index is 2.03. The van der Waals surface area contributed by atoms with E-state index in [-0.39, 0.29) is 5.91 Å². The van der Waals surface area contributed by atoms with E-state index in [1.54, 1.807) is 7.11 Å². The summed E-state index contributed by atoms with van der Waals surface area (Å²) in [6.07, 6.45) is 0. The average molecular weight is 383 g/mol. The number of ether oxygens (including phenoxy) is 5. The molecule has 0 aliphatic rings. The molecule has 7 nitrogen and oxygen atoms in total. The molecule has 0 aliphatic heterocycles. The molecule has 0 fully saturated rings. The summed E-state index contributed by atoms with van der Waals surface area (Å²) in [6, 6.07) is 7.29. The highest BCUT2D eigenvalue weighted by molar-refractivity contribution is 5.94. The molecule has 7 heteroatoms. The number of hydrogen-bond acceptors (Lipinski definition) is 6. The Hall–Kier alpha value is -1.67. The number of nitrogens with one attached hydrogen (secondary N) is 1. The quantitative estimate of drug-likeness (QED) is 0.498. The summed E-state index contributed by atoms with van der Waals surface area (Å²) in [5.74, 6) is 0.713. The molecular formula is C20H33NO6. The number of rotatable bonds is 14. The van der Waals surface area contributed by atoms with Gasteiger partial charge in [-0.15, -0.1) is 0 Å². The van der Waals surface area contributed by atoms with Gasteiger partial charge in [0.2, 0.25) is 5.91 Å². The average Bonchev–Trinajstić information content (AvgIpc) is 2.63. The largest absolute Gasteiger partial charge is 0.491 e. The highest BCUT2D eigenvalue weighted by atomic mass is 16.6. The van der Waals surface area contributed by atoms with Gasteiger partial charge in [0, 0.05) is 18.2 Å². The van der Waals surface area contributed by atoms with Crippen molar-refractivity contribution in [3.05, 3.63) is 24.3 Å². The molecule has 0 atom stereocenters. The fraction of sp³-hybridized carbons (Fsp3) is 0.650. The molecule has 0 spiro atoms. The van der Waals surface area contributed by atoms with Gasteiger partial charge in [-0.05, 0) is 24.3 Å². The van der Waals surface area contributed by atoms with Crippen molar-refractivity contribution in [2.45, 2.75) is 20.8 Å². The Morgan fingerprint density at radius 1 is 0.815 bits per heavy atom. The molecule has 0 aromatic heterocycles. The first-order valence-electron chi connectivity index (χ1n) is 9.20. The Kier molecular flexibility index (Phi) is 11.7. The predicted molar refractivity (Wildman–Crippen MR) is 104 cm³/mol. The van der Waals surface area contributed by atoms with Crippen LogP contribution < -0.4 is 10.1 Å². The standard InChI is InChI=1S/C20H33NO6/c1-20(2,3)19(22)21-17-5-7-18(8-6-17)27-16-15-26-14-13-25-12-11-24-10-9-23-4/h5-8H,9-16H2,1-4H3,(H,21,22). The molecule has 0 aliphatic carbocycles. The maximum absolute atomic E-state index is 11.9. The first-order valence-corrected chi connectivity index (χ1v) is 9.20. The second-order valence-electron chi connectivity index (χ2n) is 6.91. The minimum absolute atomic E-state index is 0.0201. The molecule has 0 saturated carbocycles. The van der Waals surface area contributed by atoms with Gasteiger partial charge in [-0.3, -0.25) is 4.79 Å². The monoisotopic (exact) mass is 383 g/mol. The van der Waals surface area contributed by atoms with Gasteiger partial charge in [0.1, 0.15) is 12.4 Å². The Morgan fingerprint density at radius 3 is 1.78 bits per heavy atom. The summed E-state index contributed by atoms with van der Waals surface area (Å²) >= 11 is 0. The van der Waals surface area contributed by atoms with E-state index in [2.05, 4.69) is 5.32 Å². The fourth-order valence-corrected chi connectivity index (χ4v) is 1.86. The van der Waals surface area contributed by atoms with Crippen molar-refractivity contribution < 1.29 is 28.5 Å². The van der Waals surface area contributed by atoms with Crippen LogP contribution in [-0.4, -0.2) is 65.9 Å². The van der Waals surface area contributed by atoms with Gasteiger partial charge in [0.15, 0.2) is 0 Å². The SMILES string of the molecule is COCCOCCOCCOCCOc1ccc(NC(=O)C(C)(C)C)cc1. The van der Waals surface area contributed by atoms with Crippen LogP contribution in [-0.2, 0) is 23.7 Å². The van der Waals surface area contributed by atoms with Gasteiger partial charge >= 0.3 is 0 Å². The zero-order chi connectivity index (χ0) is 20.0. The summed E-state index contributed by atoms with van der Waals surface area (Å²) in [6.45, 7) is 9.87. The van der Waals surface area contributed by atoms with Crippen LogP contribution in [0.1, 0.15) is 20.8 Å². The van der Waals surface area contributed by atoms with Crippen LogP contribution in [0, 0.1) is 5.41 Å². The van der Waals surface area contributed by atoms with Crippen molar-refractivity contribution in [3.8, 4) is 5.75 Å². The molecule has 0 saturated heterocycles. The molecule has 1 aromatic carbocycles. The van der Waals surface area contributed by atoms with Crippen molar-refractivity contribution in [1.82, 2.24) is 0 Å². The minimum Gasteiger partial charge on any atom is -0.491 e. The molecule has 0 heterocycles. The summed E-state index contributed by atoms with van der Waals surface area (Å²) < 4.78 is 26.6. The van der Waals surface area contributed by atoms with Crippen LogP contribution in [0.5, 0.6) is 5.75 Å². The summed E-state index contributed by atoms with van der Waals surface area (Å²) in [5, 5.41) is 2.88. The van der Waals surface area contributed by atoms with Gasteiger partial charge in [-0.1, -0.05) is 20.8 Å². The van der Waals surface area contributed by atoms with E-state index in [4.69, 9.17) is 23.7 Å².